The second-order valence-corrected chi connectivity index (χ2v) is 6.38. The Morgan fingerprint density at radius 3 is 2.25 bits per heavy atom. The van der Waals surface area contributed by atoms with Crippen molar-refractivity contribution >= 4 is 0 Å². The predicted octanol–water partition coefficient (Wildman–Crippen LogP) is 3.83. The van der Waals surface area contributed by atoms with Crippen LogP contribution in [0.15, 0.2) is 36.4 Å². The molecule has 2 heterocycles. The molecule has 1 aromatic carbocycles. The molecule has 24 heavy (non-hydrogen) atoms. The lowest BCUT2D eigenvalue weighted by Gasteiger charge is -2.32. The highest BCUT2D eigenvalue weighted by Crippen LogP contribution is 2.28. The Balaban J connectivity index is 1.36. The van der Waals surface area contributed by atoms with Crippen LogP contribution in [-0.2, 0) is 18.9 Å². The first-order valence-corrected chi connectivity index (χ1v) is 8.59. The summed E-state index contributed by atoms with van der Waals surface area (Å²) in [6, 6.07) is 6.25. The summed E-state index contributed by atoms with van der Waals surface area (Å²) in [6.07, 6.45) is 5.42. The van der Waals surface area contributed by atoms with E-state index in [0.29, 0.717) is 25.0 Å². The maximum absolute atomic E-state index is 13.0. The standard InChI is InChI=1S/C19H25FO4/c1-2-3-14-10-21-18(22-11-14)9-4-15-12-23-19(24-13-15)16-5-7-17(20)8-6-16/h2-3,5-8,14-15,18-19H,4,9-13H2,1H3. The molecule has 2 aliphatic rings. The van der Waals surface area contributed by atoms with Gasteiger partial charge in [-0.15, -0.1) is 0 Å². The van der Waals surface area contributed by atoms with E-state index in [1.807, 2.05) is 13.0 Å². The molecule has 0 aromatic heterocycles. The van der Waals surface area contributed by atoms with Crippen molar-refractivity contribution in [2.24, 2.45) is 11.8 Å². The van der Waals surface area contributed by atoms with Gasteiger partial charge in [0.15, 0.2) is 12.6 Å². The lowest BCUT2D eigenvalue weighted by atomic mass is 10.0. The number of hydrogen-bond acceptors (Lipinski definition) is 4. The summed E-state index contributed by atoms with van der Waals surface area (Å²) in [5.74, 6) is 0.447. The van der Waals surface area contributed by atoms with Crippen molar-refractivity contribution in [1.29, 1.82) is 0 Å². The fourth-order valence-electron chi connectivity index (χ4n) is 3.00. The Bertz CT molecular complexity index is 515. The van der Waals surface area contributed by atoms with Gasteiger partial charge in [-0.1, -0.05) is 24.3 Å². The van der Waals surface area contributed by atoms with Crippen LogP contribution in [0.2, 0.25) is 0 Å². The molecule has 3 rings (SSSR count). The van der Waals surface area contributed by atoms with E-state index in [2.05, 4.69) is 6.08 Å². The van der Waals surface area contributed by atoms with Gasteiger partial charge >= 0.3 is 0 Å². The number of benzene rings is 1. The van der Waals surface area contributed by atoms with Gasteiger partial charge in [-0.05, 0) is 31.9 Å². The van der Waals surface area contributed by atoms with Crippen LogP contribution in [0.25, 0.3) is 0 Å². The molecule has 0 saturated carbocycles. The van der Waals surface area contributed by atoms with Crippen molar-refractivity contribution < 1.29 is 23.3 Å². The van der Waals surface area contributed by atoms with Crippen LogP contribution in [-0.4, -0.2) is 32.7 Å². The van der Waals surface area contributed by atoms with Crippen molar-refractivity contribution in [3.05, 3.63) is 47.8 Å². The van der Waals surface area contributed by atoms with Gasteiger partial charge in [-0.25, -0.2) is 4.39 Å². The van der Waals surface area contributed by atoms with Crippen LogP contribution in [0.5, 0.6) is 0 Å². The molecular weight excluding hydrogens is 311 g/mol. The molecule has 5 heteroatoms. The molecular formula is C19H25FO4. The van der Waals surface area contributed by atoms with Crippen LogP contribution in [0, 0.1) is 17.7 Å². The molecule has 2 aliphatic heterocycles. The average Bonchev–Trinajstić information content (AvgIpc) is 2.63. The molecule has 0 N–H and O–H groups in total. The zero-order chi connectivity index (χ0) is 16.8. The number of ether oxygens (including phenoxy) is 4. The van der Waals surface area contributed by atoms with Crippen LogP contribution in [0.4, 0.5) is 4.39 Å². The third-order valence-electron chi connectivity index (χ3n) is 4.38. The zero-order valence-electron chi connectivity index (χ0n) is 14.0. The van der Waals surface area contributed by atoms with Crippen LogP contribution < -0.4 is 0 Å². The number of rotatable bonds is 5. The molecule has 0 radical (unpaired) electrons. The summed E-state index contributed by atoms with van der Waals surface area (Å²) >= 11 is 0. The average molecular weight is 336 g/mol. The topological polar surface area (TPSA) is 36.9 Å². The van der Waals surface area contributed by atoms with Gasteiger partial charge in [0.05, 0.1) is 26.4 Å². The number of halogens is 1. The fourth-order valence-corrected chi connectivity index (χ4v) is 3.00. The summed E-state index contributed by atoms with van der Waals surface area (Å²) in [6.45, 7) is 4.72. The highest BCUT2D eigenvalue weighted by molar-refractivity contribution is 5.17. The largest absolute Gasteiger partial charge is 0.352 e. The van der Waals surface area contributed by atoms with E-state index in [-0.39, 0.29) is 12.1 Å². The molecule has 0 aliphatic carbocycles. The third-order valence-corrected chi connectivity index (χ3v) is 4.38. The minimum Gasteiger partial charge on any atom is -0.352 e. The minimum absolute atomic E-state index is 0.124. The van der Waals surface area contributed by atoms with Crippen molar-refractivity contribution in [2.75, 3.05) is 26.4 Å². The predicted molar refractivity (Wildman–Crippen MR) is 87.8 cm³/mol. The van der Waals surface area contributed by atoms with E-state index in [9.17, 15) is 4.39 Å². The number of allylic oxidation sites excluding steroid dienone is 1. The monoisotopic (exact) mass is 336 g/mol. The molecule has 0 unspecified atom stereocenters. The van der Waals surface area contributed by atoms with E-state index < -0.39 is 6.29 Å². The van der Waals surface area contributed by atoms with Crippen LogP contribution >= 0.6 is 0 Å². The normalized spacial score (nSPS) is 31.4. The van der Waals surface area contributed by atoms with E-state index in [1.165, 1.54) is 12.1 Å². The summed E-state index contributed by atoms with van der Waals surface area (Å²) in [4.78, 5) is 0. The maximum atomic E-state index is 13.0. The second kappa shape index (κ2) is 8.72. The van der Waals surface area contributed by atoms with E-state index >= 15 is 0 Å². The van der Waals surface area contributed by atoms with Crippen molar-refractivity contribution in [3.8, 4) is 0 Å². The molecule has 0 spiro atoms. The van der Waals surface area contributed by atoms with Gasteiger partial charge in [0.25, 0.3) is 0 Å². The Kier molecular flexibility index (Phi) is 6.37. The fraction of sp³-hybridized carbons (Fsp3) is 0.579. The van der Waals surface area contributed by atoms with Crippen LogP contribution in [0.1, 0.15) is 31.6 Å². The Labute approximate surface area is 142 Å². The molecule has 2 fully saturated rings. The van der Waals surface area contributed by atoms with Gasteiger partial charge in [0.2, 0.25) is 0 Å². The summed E-state index contributed by atoms with van der Waals surface area (Å²) in [5, 5.41) is 0. The first-order chi connectivity index (χ1) is 11.7. The SMILES string of the molecule is CC=CC1COC(CCC2COC(c3ccc(F)cc3)OC2)OC1. The zero-order valence-corrected chi connectivity index (χ0v) is 14.0. The summed E-state index contributed by atoms with van der Waals surface area (Å²) in [5.41, 5.74) is 0.851. The van der Waals surface area contributed by atoms with Gasteiger partial charge in [-0.3, -0.25) is 0 Å². The second-order valence-electron chi connectivity index (χ2n) is 6.38. The van der Waals surface area contributed by atoms with Gasteiger partial charge in [0.1, 0.15) is 5.82 Å². The smallest absolute Gasteiger partial charge is 0.183 e. The molecule has 1 aromatic rings. The Morgan fingerprint density at radius 1 is 0.958 bits per heavy atom. The van der Waals surface area contributed by atoms with E-state index in [0.717, 1.165) is 31.6 Å². The van der Waals surface area contributed by atoms with E-state index in [1.54, 1.807) is 12.1 Å². The molecule has 0 amide bonds. The molecule has 132 valence electrons. The minimum atomic E-state index is -0.398. The molecule has 2 saturated heterocycles. The first-order valence-electron chi connectivity index (χ1n) is 8.59. The van der Waals surface area contributed by atoms with Crippen molar-refractivity contribution in [1.82, 2.24) is 0 Å². The lowest BCUT2D eigenvalue weighted by molar-refractivity contribution is -0.217. The number of hydrogen-bond donors (Lipinski definition) is 0. The first kappa shape index (κ1) is 17.5. The van der Waals surface area contributed by atoms with Gasteiger partial charge < -0.3 is 18.9 Å². The van der Waals surface area contributed by atoms with Gasteiger partial charge in [0, 0.05) is 17.4 Å². The quantitative estimate of drug-likeness (QED) is 0.766. The highest BCUT2D eigenvalue weighted by atomic mass is 19.1. The molecule has 0 atom stereocenters. The van der Waals surface area contributed by atoms with Crippen LogP contribution in [0.3, 0.4) is 0 Å². The maximum Gasteiger partial charge on any atom is 0.183 e. The molecule has 0 bridgehead atoms. The van der Waals surface area contributed by atoms with E-state index in [4.69, 9.17) is 18.9 Å². The van der Waals surface area contributed by atoms with Crippen molar-refractivity contribution in [2.45, 2.75) is 32.3 Å². The van der Waals surface area contributed by atoms with Gasteiger partial charge in [-0.2, -0.15) is 0 Å². The lowest BCUT2D eigenvalue weighted by Crippen LogP contribution is -2.33. The summed E-state index contributed by atoms with van der Waals surface area (Å²) < 4.78 is 36.0. The molecule has 4 nitrogen and oxygen atoms in total. The Hall–Kier alpha value is -1.27. The highest BCUT2D eigenvalue weighted by Gasteiger charge is 2.26. The third kappa shape index (κ3) is 4.86. The Morgan fingerprint density at radius 2 is 1.62 bits per heavy atom. The summed E-state index contributed by atoms with van der Waals surface area (Å²) in [7, 11) is 0. The van der Waals surface area contributed by atoms with Crippen molar-refractivity contribution in [3.63, 3.8) is 0 Å².